The Hall–Kier alpha value is -0.980. The number of carbonyl (C=O) groups is 1. The second-order valence-electron chi connectivity index (χ2n) is 4.38. The normalized spacial score (nSPS) is 16.7. The van der Waals surface area contributed by atoms with Gasteiger partial charge in [0.05, 0.1) is 17.7 Å². The maximum atomic E-state index is 11.6. The molecule has 2 N–H and O–H groups in total. The largest absolute Gasteiger partial charge is 0.368 e. The average Bonchev–Trinajstić information content (AvgIpc) is 2.81. The molecule has 0 bridgehead atoms. The van der Waals surface area contributed by atoms with Crippen molar-refractivity contribution < 1.29 is 9.53 Å². The van der Waals surface area contributed by atoms with Crippen LogP contribution in [0, 0.1) is 6.92 Å². The summed E-state index contributed by atoms with van der Waals surface area (Å²) in [5.41, 5.74) is 0. The van der Waals surface area contributed by atoms with Crippen molar-refractivity contribution in [2.45, 2.75) is 32.4 Å². The van der Waals surface area contributed by atoms with Gasteiger partial charge in [-0.2, -0.15) is 0 Å². The number of amides is 1. The number of carbonyl (C=O) groups excluding carboxylic acids is 1. The molecule has 5 nitrogen and oxygen atoms in total. The summed E-state index contributed by atoms with van der Waals surface area (Å²) in [5, 5.41) is 7.13. The van der Waals surface area contributed by atoms with Crippen LogP contribution < -0.4 is 10.6 Å². The lowest BCUT2D eigenvalue weighted by Crippen LogP contribution is -2.35. The maximum Gasteiger partial charge on any atom is 0.246 e. The molecule has 0 radical (unpaired) electrons. The summed E-state index contributed by atoms with van der Waals surface area (Å²) in [6.07, 6.45) is 4.00. The van der Waals surface area contributed by atoms with Gasteiger partial charge in [-0.25, -0.2) is 4.98 Å². The topological polar surface area (TPSA) is 63.2 Å². The zero-order valence-corrected chi connectivity index (χ0v) is 11.4. The van der Waals surface area contributed by atoms with Gasteiger partial charge in [0.15, 0.2) is 0 Å². The molecule has 0 aliphatic carbocycles. The van der Waals surface area contributed by atoms with Crippen LogP contribution in [-0.4, -0.2) is 36.7 Å². The van der Waals surface area contributed by atoms with Crippen LogP contribution in [0.3, 0.4) is 0 Å². The van der Waals surface area contributed by atoms with Crippen LogP contribution in [-0.2, 0) is 16.1 Å². The molecule has 6 heteroatoms. The summed E-state index contributed by atoms with van der Waals surface area (Å²) in [7, 11) is 0. The van der Waals surface area contributed by atoms with Gasteiger partial charge in [-0.15, -0.1) is 11.3 Å². The zero-order valence-electron chi connectivity index (χ0n) is 10.6. The Labute approximate surface area is 111 Å². The van der Waals surface area contributed by atoms with Crippen molar-refractivity contribution in [2.24, 2.45) is 0 Å². The van der Waals surface area contributed by atoms with E-state index in [0.29, 0.717) is 6.54 Å². The van der Waals surface area contributed by atoms with Crippen LogP contribution >= 0.6 is 11.3 Å². The lowest BCUT2D eigenvalue weighted by molar-refractivity contribution is -0.128. The van der Waals surface area contributed by atoms with E-state index < -0.39 is 0 Å². The molecule has 100 valence electrons. The second-order valence-corrected chi connectivity index (χ2v) is 5.70. The third-order valence-corrected chi connectivity index (χ3v) is 3.78. The van der Waals surface area contributed by atoms with Crippen LogP contribution in [0.15, 0.2) is 6.20 Å². The molecule has 0 saturated carbocycles. The van der Waals surface area contributed by atoms with Gasteiger partial charge in [-0.05, 0) is 32.9 Å². The first-order valence-electron chi connectivity index (χ1n) is 6.24. The van der Waals surface area contributed by atoms with Crippen LogP contribution in [0.5, 0.6) is 0 Å². The van der Waals surface area contributed by atoms with E-state index >= 15 is 0 Å². The lowest BCUT2D eigenvalue weighted by atomic mass is 10.1. The van der Waals surface area contributed by atoms with Gasteiger partial charge < -0.3 is 15.4 Å². The quantitative estimate of drug-likeness (QED) is 0.831. The van der Waals surface area contributed by atoms with Crippen molar-refractivity contribution in [3.8, 4) is 0 Å². The summed E-state index contributed by atoms with van der Waals surface area (Å²) < 4.78 is 5.57. The Morgan fingerprint density at radius 3 is 3.06 bits per heavy atom. The molecule has 1 saturated heterocycles. The highest BCUT2D eigenvalue weighted by atomic mass is 32.1. The molecule has 1 aromatic rings. The van der Waals surface area contributed by atoms with Crippen LogP contribution in [0.2, 0.25) is 0 Å². The highest BCUT2D eigenvalue weighted by Crippen LogP contribution is 2.10. The number of nitrogens with zero attached hydrogens (tertiary/aromatic N) is 1. The van der Waals surface area contributed by atoms with Crippen molar-refractivity contribution in [1.82, 2.24) is 15.6 Å². The lowest BCUT2D eigenvalue weighted by Gasteiger charge is -2.22. The highest BCUT2D eigenvalue weighted by molar-refractivity contribution is 7.11. The monoisotopic (exact) mass is 269 g/mol. The van der Waals surface area contributed by atoms with E-state index in [4.69, 9.17) is 4.74 Å². The molecule has 2 heterocycles. The fourth-order valence-corrected chi connectivity index (χ4v) is 2.61. The van der Waals surface area contributed by atoms with Gasteiger partial charge >= 0.3 is 0 Å². The molecule has 0 atom stereocenters. The Balaban J connectivity index is 1.62. The van der Waals surface area contributed by atoms with E-state index in [0.717, 1.165) is 35.8 Å². The van der Waals surface area contributed by atoms with Crippen LogP contribution in [0.1, 0.15) is 22.7 Å². The summed E-state index contributed by atoms with van der Waals surface area (Å²) in [6, 6.07) is 0. The fraction of sp³-hybridized carbons (Fsp3) is 0.667. The summed E-state index contributed by atoms with van der Waals surface area (Å²) in [5.74, 6) is -0.0559. The molecule has 1 amide bonds. The van der Waals surface area contributed by atoms with E-state index in [1.165, 1.54) is 0 Å². The van der Waals surface area contributed by atoms with Crippen molar-refractivity contribution in [2.75, 3.05) is 19.7 Å². The molecule has 0 unspecified atom stereocenters. The predicted octanol–water partition coefficient (Wildman–Crippen LogP) is 0.836. The number of rotatable bonds is 5. The number of ether oxygens (including phenoxy) is 1. The first-order chi connectivity index (χ1) is 8.74. The van der Waals surface area contributed by atoms with Gasteiger partial charge in [0, 0.05) is 11.1 Å². The third-order valence-electron chi connectivity index (χ3n) is 2.87. The van der Waals surface area contributed by atoms with E-state index in [1.54, 1.807) is 17.5 Å². The fourth-order valence-electron chi connectivity index (χ4n) is 1.88. The van der Waals surface area contributed by atoms with Crippen molar-refractivity contribution >= 4 is 17.2 Å². The minimum atomic E-state index is -0.0559. The van der Waals surface area contributed by atoms with E-state index in [1.807, 2.05) is 6.92 Å². The minimum Gasteiger partial charge on any atom is -0.368 e. The Kier molecular flexibility index (Phi) is 5.10. The van der Waals surface area contributed by atoms with Gasteiger partial charge in [0.1, 0.15) is 6.61 Å². The third kappa shape index (κ3) is 4.36. The highest BCUT2D eigenvalue weighted by Gasteiger charge is 2.14. The van der Waals surface area contributed by atoms with Crippen molar-refractivity contribution in [3.63, 3.8) is 0 Å². The standard InChI is InChI=1S/C12H19N3O2S/c1-9-14-6-11(18-9)7-15-12(16)8-17-10-2-4-13-5-3-10/h6,10,13H,2-5,7-8H2,1H3,(H,15,16). The Bertz CT molecular complexity index is 388. The molecular formula is C12H19N3O2S. The number of aromatic nitrogens is 1. The predicted molar refractivity (Wildman–Crippen MR) is 70.5 cm³/mol. The number of piperidine rings is 1. The smallest absolute Gasteiger partial charge is 0.246 e. The summed E-state index contributed by atoms with van der Waals surface area (Å²) >= 11 is 1.60. The summed E-state index contributed by atoms with van der Waals surface area (Å²) in [6.45, 7) is 4.61. The van der Waals surface area contributed by atoms with E-state index in [2.05, 4.69) is 15.6 Å². The Morgan fingerprint density at radius 1 is 1.61 bits per heavy atom. The molecule has 1 aliphatic heterocycles. The maximum absolute atomic E-state index is 11.6. The van der Waals surface area contributed by atoms with E-state index in [-0.39, 0.29) is 18.6 Å². The van der Waals surface area contributed by atoms with Crippen LogP contribution in [0.4, 0.5) is 0 Å². The Morgan fingerprint density at radius 2 is 2.39 bits per heavy atom. The number of aryl methyl sites for hydroxylation is 1. The molecule has 0 aromatic carbocycles. The first kappa shape index (κ1) is 13.5. The number of hydrogen-bond donors (Lipinski definition) is 2. The molecular weight excluding hydrogens is 250 g/mol. The average molecular weight is 269 g/mol. The van der Waals surface area contributed by atoms with Crippen LogP contribution in [0.25, 0.3) is 0 Å². The van der Waals surface area contributed by atoms with Crippen molar-refractivity contribution in [1.29, 1.82) is 0 Å². The van der Waals surface area contributed by atoms with Crippen molar-refractivity contribution in [3.05, 3.63) is 16.1 Å². The van der Waals surface area contributed by atoms with Gasteiger partial charge in [0.2, 0.25) is 5.91 Å². The number of hydrogen-bond acceptors (Lipinski definition) is 5. The summed E-state index contributed by atoms with van der Waals surface area (Å²) in [4.78, 5) is 16.8. The van der Waals surface area contributed by atoms with Gasteiger partial charge in [-0.1, -0.05) is 0 Å². The first-order valence-corrected chi connectivity index (χ1v) is 7.06. The van der Waals surface area contributed by atoms with Gasteiger partial charge in [-0.3, -0.25) is 4.79 Å². The molecule has 0 spiro atoms. The number of nitrogens with one attached hydrogen (secondary N) is 2. The molecule has 1 aromatic heterocycles. The molecule has 2 rings (SSSR count). The second kappa shape index (κ2) is 6.82. The minimum absolute atomic E-state index is 0.0559. The zero-order chi connectivity index (χ0) is 12.8. The van der Waals surface area contributed by atoms with E-state index in [9.17, 15) is 4.79 Å². The SMILES string of the molecule is Cc1ncc(CNC(=O)COC2CCNCC2)s1. The van der Waals surface area contributed by atoms with Gasteiger partial charge in [0.25, 0.3) is 0 Å². The molecule has 18 heavy (non-hydrogen) atoms. The molecule has 1 aliphatic rings. The number of thiazole rings is 1. The molecule has 1 fully saturated rings.